The van der Waals surface area contributed by atoms with E-state index in [0.717, 1.165) is 20.5 Å². The lowest BCUT2D eigenvalue weighted by atomic mass is 10.1. The van der Waals surface area contributed by atoms with Crippen LogP contribution in [0.1, 0.15) is 16.7 Å². The second-order valence-corrected chi connectivity index (χ2v) is 9.69. The van der Waals surface area contributed by atoms with Gasteiger partial charge in [-0.25, -0.2) is 9.69 Å². The van der Waals surface area contributed by atoms with Crippen molar-refractivity contribution in [2.75, 3.05) is 4.90 Å². The molecule has 0 radical (unpaired) electrons. The fourth-order valence-electron chi connectivity index (χ4n) is 3.34. The molecule has 0 atom stereocenters. The lowest BCUT2D eigenvalue weighted by Gasteiger charge is -2.26. The second-order valence-electron chi connectivity index (χ2n) is 7.62. The fourth-order valence-corrected chi connectivity index (χ4v) is 4.15. The molecule has 178 valence electrons. The maximum absolute atomic E-state index is 13.1. The summed E-state index contributed by atoms with van der Waals surface area (Å²) in [4.78, 5) is 38.9. The van der Waals surface area contributed by atoms with Crippen LogP contribution < -0.4 is 15.0 Å². The highest BCUT2D eigenvalue weighted by atomic mass is 79.9. The van der Waals surface area contributed by atoms with Crippen LogP contribution in [0.25, 0.3) is 6.08 Å². The zero-order valence-corrected chi connectivity index (χ0v) is 21.9. The van der Waals surface area contributed by atoms with Gasteiger partial charge in [-0.15, -0.1) is 0 Å². The number of urea groups is 1. The van der Waals surface area contributed by atoms with Crippen LogP contribution in [0.5, 0.6) is 5.75 Å². The molecular formula is C25H16BrCl3N2O4. The van der Waals surface area contributed by atoms with Gasteiger partial charge in [0.1, 0.15) is 17.9 Å². The molecule has 0 aliphatic carbocycles. The van der Waals surface area contributed by atoms with Crippen molar-refractivity contribution in [3.63, 3.8) is 0 Å². The Morgan fingerprint density at radius 3 is 2.40 bits per heavy atom. The Morgan fingerprint density at radius 1 is 0.943 bits per heavy atom. The number of amides is 4. The molecule has 0 bridgehead atoms. The molecule has 4 rings (SSSR count). The van der Waals surface area contributed by atoms with E-state index in [1.54, 1.807) is 54.6 Å². The van der Waals surface area contributed by atoms with Crippen LogP contribution in [-0.2, 0) is 16.2 Å². The molecule has 3 aromatic rings. The van der Waals surface area contributed by atoms with E-state index in [1.807, 2.05) is 6.92 Å². The number of ether oxygens (including phenoxy) is 1. The van der Waals surface area contributed by atoms with E-state index in [2.05, 4.69) is 21.2 Å². The molecule has 1 aliphatic rings. The minimum absolute atomic E-state index is 0.203. The van der Waals surface area contributed by atoms with Gasteiger partial charge in [-0.3, -0.25) is 14.9 Å². The number of imide groups is 2. The van der Waals surface area contributed by atoms with Crippen LogP contribution in [0.2, 0.25) is 15.1 Å². The van der Waals surface area contributed by atoms with Crippen molar-refractivity contribution < 1.29 is 19.1 Å². The minimum Gasteiger partial charge on any atom is -0.487 e. The topological polar surface area (TPSA) is 75.7 Å². The number of hydrogen-bond acceptors (Lipinski definition) is 4. The van der Waals surface area contributed by atoms with Gasteiger partial charge in [0.2, 0.25) is 0 Å². The molecule has 1 aliphatic heterocycles. The van der Waals surface area contributed by atoms with Crippen LogP contribution >= 0.6 is 50.7 Å². The molecule has 1 saturated heterocycles. The average molecular weight is 595 g/mol. The molecule has 6 nitrogen and oxygen atoms in total. The van der Waals surface area contributed by atoms with Gasteiger partial charge >= 0.3 is 6.03 Å². The number of rotatable bonds is 5. The lowest BCUT2D eigenvalue weighted by molar-refractivity contribution is -0.122. The maximum Gasteiger partial charge on any atom is 0.335 e. The van der Waals surface area contributed by atoms with Crippen molar-refractivity contribution >= 4 is 80.3 Å². The average Bonchev–Trinajstić information content (AvgIpc) is 2.80. The van der Waals surface area contributed by atoms with Crippen molar-refractivity contribution in [2.45, 2.75) is 13.5 Å². The molecule has 10 heteroatoms. The summed E-state index contributed by atoms with van der Waals surface area (Å²) in [7, 11) is 0. The van der Waals surface area contributed by atoms with Crippen molar-refractivity contribution in [2.24, 2.45) is 0 Å². The minimum atomic E-state index is -0.817. The summed E-state index contributed by atoms with van der Waals surface area (Å²) in [5, 5.41) is 3.35. The highest BCUT2D eigenvalue weighted by Gasteiger charge is 2.37. The highest BCUT2D eigenvalue weighted by Crippen LogP contribution is 2.30. The second kappa shape index (κ2) is 10.4. The smallest absolute Gasteiger partial charge is 0.335 e. The molecule has 3 aromatic carbocycles. The summed E-state index contributed by atoms with van der Waals surface area (Å²) in [5.74, 6) is -1.13. The summed E-state index contributed by atoms with van der Waals surface area (Å²) < 4.78 is 6.59. The zero-order valence-electron chi connectivity index (χ0n) is 18.1. The number of carbonyl (C=O) groups is 3. The first kappa shape index (κ1) is 25.3. The Hall–Kier alpha value is -2.84. The molecule has 1 N–H and O–H groups in total. The maximum atomic E-state index is 13.1. The fraction of sp³-hybridized carbons (Fsp3) is 0.0800. The monoisotopic (exact) mass is 592 g/mol. The molecule has 1 heterocycles. The number of aryl methyl sites for hydroxylation is 1. The number of barbiturate groups is 1. The van der Waals surface area contributed by atoms with Gasteiger partial charge < -0.3 is 4.74 Å². The summed E-state index contributed by atoms with van der Waals surface area (Å²) in [6.07, 6.45) is 1.37. The van der Waals surface area contributed by atoms with E-state index >= 15 is 0 Å². The Balaban J connectivity index is 1.56. The van der Waals surface area contributed by atoms with E-state index in [1.165, 1.54) is 6.08 Å². The summed E-state index contributed by atoms with van der Waals surface area (Å²) >= 11 is 21.7. The van der Waals surface area contributed by atoms with Crippen molar-refractivity contribution in [1.82, 2.24) is 5.32 Å². The number of nitrogens with zero attached hydrogens (tertiary/aromatic N) is 1. The van der Waals surface area contributed by atoms with Crippen LogP contribution in [-0.4, -0.2) is 17.8 Å². The molecule has 35 heavy (non-hydrogen) atoms. The van der Waals surface area contributed by atoms with Crippen LogP contribution in [0, 0.1) is 6.92 Å². The quantitative estimate of drug-likeness (QED) is 0.256. The first-order valence-corrected chi connectivity index (χ1v) is 12.1. The first-order chi connectivity index (χ1) is 16.6. The number of carbonyl (C=O) groups excluding carboxylic acids is 3. The van der Waals surface area contributed by atoms with Gasteiger partial charge in [0, 0.05) is 4.47 Å². The third kappa shape index (κ3) is 5.54. The van der Waals surface area contributed by atoms with E-state index in [0.29, 0.717) is 27.0 Å². The number of nitrogens with one attached hydrogen (secondary N) is 1. The van der Waals surface area contributed by atoms with Gasteiger partial charge in [-0.05, 0) is 72.2 Å². The Kier molecular flexibility index (Phi) is 7.52. The number of hydrogen-bond donors (Lipinski definition) is 1. The van der Waals surface area contributed by atoms with Crippen molar-refractivity contribution in [1.29, 1.82) is 0 Å². The standard InChI is InChI=1S/C25H16BrCl3N2O4/c1-13-8-16(4-5-18(13)26)31-24(33)17(23(32)30-25(31)34)9-14-3-7-22(21(29)10-14)35-12-15-2-6-19(27)20(28)11-15/h2-11H,12H2,1H3,(H,30,32,34)/b17-9-. The molecular weight excluding hydrogens is 579 g/mol. The zero-order chi connectivity index (χ0) is 25.3. The molecule has 0 spiro atoms. The summed E-state index contributed by atoms with van der Waals surface area (Å²) in [6, 6.07) is 14.2. The summed E-state index contributed by atoms with van der Waals surface area (Å²) in [6.45, 7) is 2.04. The van der Waals surface area contributed by atoms with E-state index in [9.17, 15) is 14.4 Å². The predicted octanol–water partition coefficient (Wildman–Crippen LogP) is 6.96. The van der Waals surface area contributed by atoms with Gasteiger partial charge in [0.25, 0.3) is 11.8 Å². The van der Waals surface area contributed by atoms with Crippen molar-refractivity contribution in [3.05, 3.63) is 96.4 Å². The number of benzene rings is 3. The van der Waals surface area contributed by atoms with Crippen LogP contribution in [0.3, 0.4) is 0 Å². The molecule has 1 fully saturated rings. The predicted molar refractivity (Wildman–Crippen MR) is 140 cm³/mol. The number of anilines is 1. The van der Waals surface area contributed by atoms with Crippen molar-refractivity contribution in [3.8, 4) is 5.75 Å². The Morgan fingerprint density at radius 2 is 1.71 bits per heavy atom. The lowest BCUT2D eigenvalue weighted by Crippen LogP contribution is -2.54. The third-order valence-electron chi connectivity index (χ3n) is 5.15. The van der Waals surface area contributed by atoms with Gasteiger partial charge in [0.15, 0.2) is 0 Å². The molecule has 4 amide bonds. The van der Waals surface area contributed by atoms with E-state index in [4.69, 9.17) is 39.5 Å². The number of halogens is 4. The van der Waals surface area contributed by atoms with Gasteiger partial charge in [0.05, 0.1) is 20.8 Å². The summed E-state index contributed by atoms with van der Waals surface area (Å²) in [5.41, 5.74) is 2.26. The van der Waals surface area contributed by atoms with E-state index in [-0.39, 0.29) is 17.2 Å². The van der Waals surface area contributed by atoms with Crippen LogP contribution in [0.4, 0.5) is 10.5 Å². The van der Waals surface area contributed by atoms with E-state index < -0.39 is 17.8 Å². The molecule has 0 saturated carbocycles. The SMILES string of the molecule is Cc1cc(N2C(=O)NC(=O)/C(=C/c3ccc(OCc4ccc(Cl)c(Cl)c4)c(Cl)c3)C2=O)ccc1Br. The molecule has 0 unspecified atom stereocenters. The van der Waals surface area contributed by atoms with Gasteiger partial charge in [-0.1, -0.05) is 62.9 Å². The van der Waals surface area contributed by atoms with Gasteiger partial charge in [-0.2, -0.15) is 0 Å². The Labute approximate surface area is 224 Å². The van der Waals surface area contributed by atoms with Crippen LogP contribution in [0.15, 0.2) is 64.6 Å². The normalized spacial score (nSPS) is 14.9. The highest BCUT2D eigenvalue weighted by molar-refractivity contribution is 9.10. The largest absolute Gasteiger partial charge is 0.487 e. The molecule has 0 aromatic heterocycles. The first-order valence-electron chi connectivity index (χ1n) is 10.2. The Bertz CT molecular complexity index is 1410. The third-order valence-corrected chi connectivity index (χ3v) is 7.07.